The highest BCUT2D eigenvalue weighted by Gasteiger charge is 2.12. The molecule has 0 fully saturated rings. The van der Waals surface area contributed by atoms with E-state index in [0.717, 1.165) is 35.1 Å². The molecular weight excluding hydrogens is 364 g/mol. The van der Waals surface area contributed by atoms with Gasteiger partial charge in [-0.25, -0.2) is 0 Å². The van der Waals surface area contributed by atoms with Crippen molar-refractivity contribution in [2.45, 2.75) is 26.5 Å². The number of rotatable bonds is 8. The van der Waals surface area contributed by atoms with Crippen molar-refractivity contribution in [3.63, 3.8) is 0 Å². The highest BCUT2D eigenvalue weighted by Crippen LogP contribution is 2.20. The number of hydrogen-bond donors (Lipinski definition) is 1. The van der Waals surface area contributed by atoms with Crippen LogP contribution in [0.3, 0.4) is 0 Å². The lowest BCUT2D eigenvalue weighted by atomic mass is 10.2. The Labute approximate surface area is 173 Å². The molecule has 0 aliphatic heterocycles. The number of benzene rings is 3. The maximum Gasteiger partial charge on any atom is 0.173 e. The van der Waals surface area contributed by atoms with E-state index in [1.807, 2.05) is 48.5 Å². The Kier molecular flexibility index (Phi) is 7.44. The van der Waals surface area contributed by atoms with Crippen LogP contribution in [-0.2, 0) is 13.2 Å². The van der Waals surface area contributed by atoms with Gasteiger partial charge in [-0.05, 0) is 54.0 Å². The molecule has 0 aliphatic carbocycles. The van der Waals surface area contributed by atoms with Gasteiger partial charge in [-0.3, -0.25) is 0 Å². The number of nitrogens with zero attached hydrogens (tertiary/aromatic N) is 1. The molecule has 0 heterocycles. The van der Waals surface area contributed by atoms with Crippen LogP contribution in [0, 0.1) is 0 Å². The molecule has 0 radical (unpaired) electrons. The molecular formula is C24H26N2OS. The van der Waals surface area contributed by atoms with Gasteiger partial charge in [0.05, 0.1) is 6.54 Å². The highest BCUT2D eigenvalue weighted by atomic mass is 32.1. The standard InChI is InChI=1S/C24H26N2OS/c1-2-17-25-24(28)26(22-11-7-4-8-12-22)18-20-13-15-23(16-14-20)27-19-21-9-5-3-6-10-21/h3-16H,2,17-19H2,1H3,(H,25,28). The van der Waals surface area contributed by atoms with Gasteiger partial charge in [0.15, 0.2) is 5.11 Å². The van der Waals surface area contributed by atoms with Gasteiger partial charge < -0.3 is 15.0 Å². The molecule has 28 heavy (non-hydrogen) atoms. The normalized spacial score (nSPS) is 10.3. The fourth-order valence-electron chi connectivity index (χ4n) is 2.83. The minimum Gasteiger partial charge on any atom is -0.489 e. The predicted molar refractivity (Wildman–Crippen MR) is 121 cm³/mol. The molecule has 0 saturated carbocycles. The number of para-hydroxylation sites is 1. The lowest BCUT2D eigenvalue weighted by Gasteiger charge is -2.26. The molecule has 3 aromatic rings. The number of ether oxygens (including phenoxy) is 1. The van der Waals surface area contributed by atoms with Crippen molar-refractivity contribution in [2.24, 2.45) is 0 Å². The van der Waals surface area contributed by atoms with Gasteiger partial charge in [0, 0.05) is 12.2 Å². The molecule has 3 nitrogen and oxygen atoms in total. The summed E-state index contributed by atoms with van der Waals surface area (Å²) >= 11 is 5.63. The Hall–Kier alpha value is -2.85. The van der Waals surface area contributed by atoms with E-state index in [1.165, 1.54) is 5.56 Å². The first-order chi connectivity index (χ1) is 13.8. The molecule has 0 bridgehead atoms. The molecule has 0 amide bonds. The van der Waals surface area contributed by atoms with Crippen molar-refractivity contribution in [1.29, 1.82) is 0 Å². The summed E-state index contributed by atoms with van der Waals surface area (Å²) in [5, 5.41) is 4.08. The number of nitrogens with one attached hydrogen (secondary N) is 1. The number of anilines is 1. The van der Waals surface area contributed by atoms with E-state index in [2.05, 4.69) is 53.5 Å². The summed E-state index contributed by atoms with van der Waals surface area (Å²) in [5.74, 6) is 0.866. The summed E-state index contributed by atoms with van der Waals surface area (Å²) in [4.78, 5) is 2.13. The molecule has 0 aliphatic rings. The maximum atomic E-state index is 5.89. The second-order valence-corrected chi connectivity index (χ2v) is 6.96. The van der Waals surface area contributed by atoms with Crippen molar-refractivity contribution in [1.82, 2.24) is 5.32 Å². The molecule has 1 N–H and O–H groups in total. The van der Waals surface area contributed by atoms with Crippen LogP contribution in [0.4, 0.5) is 5.69 Å². The van der Waals surface area contributed by atoms with Gasteiger partial charge >= 0.3 is 0 Å². The predicted octanol–water partition coefficient (Wildman–Crippen LogP) is 5.56. The van der Waals surface area contributed by atoms with Crippen LogP contribution in [0.1, 0.15) is 24.5 Å². The van der Waals surface area contributed by atoms with Gasteiger partial charge in [0.1, 0.15) is 12.4 Å². The van der Waals surface area contributed by atoms with Crippen LogP contribution < -0.4 is 15.0 Å². The third kappa shape index (κ3) is 5.83. The summed E-state index contributed by atoms with van der Waals surface area (Å²) in [7, 11) is 0. The van der Waals surface area contributed by atoms with E-state index < -0.39 is 0 Å². The average molecular weight is 391 g/mol. The molecule has 0 spiro atoms. The van der Waals surface area contributed by atoms with Crippen molar-refractivity contribution in [3.8, 4) is 5.75 Å². The second kappa shape index (κ2) is 10.5. The average Bonchev–Trinajstić information content (AvgIpc) is 2.76. The van der Waals surface area contributed by atoms with Crippen LogP contribution in [0.2, 0.25) is 0 Å². The monoisotopic (exact) mass is 390 g/mol. The van der Waals surface area contributed by atoms with E-state index in [-0.39, 0.29) is 0 Å². The minimum absolute atomic E-state index is 0.571. The SMILES string of the molecule is CCCNC(=S)N(Cc1ccc(OCc2ccccc2)cc1)c1ccccc1. The Morgan fingerprint density at radius 1 is 0.857 bits per heavy atom. The lowest BCUT2D eigenvalue weighted by molar-refractivity contribution is 0.306. The van der Waals surface area contributed by atoms with Gasteiger partial charge in [0.2, 0.25) is 0 Å². The third-order valence-electron chi connectivity index (χ3n) is 4.35. The van der Waals surface area contributed by atoms with Crippen LogP contribution in [0.5, 0.6) is 5.75 Å². The highest BCUT2D eigenvalue weighted by molar-refractivity contribution is 7.80. The van der Waals surface area contributed by atoms with Gasteiger partial charge in [-0.15, -0.1) is 0 Å². The van der Waals surface area contributed by atoms with E-state index >= 15 is 0 Å². The van der Waals surface area contributed by atoms with E-state index in [0.29, 0.717) is 13.2 Å². The van der Waals surface area contributed by atoms with Gasteiger partial charge in [-0.2, -0.15) is 0 Å². The van der Waals surface area contributed by atoms with Crippen LogP contribution in [0.25, 0.3) is 0 Å². The van der Waals surface area contributed by atoms with E-state index in [1.54, 1.807) is 0 Å². The zero-order chi connectivity index (χ0) is 19.6. The quantitative estimate of drug-likeness (QED) is 0.509. The van der Waals surface area contributed by atoms with E-state index in [4.69, 9.17) is 17.0 Å². The molecule has 144 valence electrons. The molecule has 0 saturated heterocycles. The zero-order valence-corrected chi connectivity index (χ0v) is 17.0. The molecule has 0 atom stereocenters. The van der Waals surface area contributed by atoms with Gasteiger partial charge in [0.25, 0.3) is 0 Å². The number of thiocarbonyl (C=S) groups is 1. The minimum atomic E-state index is 0.571. The molecule has 3 aromatic carbocycles. The van der Waals surface area contributed by atoms with Crippen LogP contribution in [0.15, 0.2) is 84.9 Å². The first kappa shape index (κ1) is 19.9. The first-order valence-electron chi connectivity index (χ1n) is 9.62. The fourth-order valence-corrected chi connectivity index (χ4v) is 3.10. The van der Waals surface area contributed by atoms with Gasteiger partial charge in [-0.1, -0.05) is 67.6 Å². The summed E-state index contributed by atoms with van der Waals surface area (Å²) in [6, 6.07) is 28.7. The first-order valence-corrected chi connectivity index (χ1v) is 10.0. The summed E-state index contributed by atoms with van der Waals surface area (Å²) in [6.07, 6.45) is 1.04. The summed E-state index contributed by atoms with van der Waals surface area (Å²) < 4.78 is 5.89. The molecule has 4 heteroatoms. The van der Waals surface area contributed by atoms with Crippen molar-refractivity contribution >= 4 is 23.0 Å². The second-order valence-electron chi connectivity index (χ2n) is 6.57. The molecule has 0 aromatic heterocycles. The Balaban J connectivity index is 1.66. The Morgan fingerprint density at radius 3 is 2.14 bits per heavy atom. The largest absolute Gasteiger partial charge is 0.489 e. The molecule has 3 rings (SSSR count). The van der Waals surface area contributed by atoms with Crippen LogP contribution in [-0.4, -0.2) is 11.7 Å². The maximum absolute atomic E-state index is 5.89. The third-order valence-corrected chi connectivity index (χ3v) is 4.72. The smallest absolute Gasteiger partial charge is 0.173 e. The van der Waals surface area contributed by atoms with Crippen molar-refractivity contribution in [2.75, 3.05) is 11.4 Å². The van der Waals surface area contributed by atoms with Crippen molar-refractivity contribution < 1.29 is 4.74 Å². The topological polar surface area (TPSA) is 24.5 Å². The fraction of sp³-hybridized carbons (Fsp3) is 0.208. The summed E-state index contributed by atoms with van der Waals surface area (Å²) in [5.41, 5.74) is 3.42. The van der Waals surface area contributed by atoms with Crippen LogP contribution >= 0.6 is 12.2 Å². The van der Waals surface area contributed by atoms with E-state index in [9.17, 15) is 0 Å². The molecule has 0 unspecified atom stereocenters. The zero-order valence-electron chi connectivity index (χ0n) is 16.2. The van der Waals surface area contributed by atoms with Crippen molar-refractivity contribution in [3.05, 3.63) is 96.1 Å². The Morgan fingerprint density at radius 2 is 1.50 bits per heavy atom. The lowest BCUT2D eigenvalue weighted by Crippen LogP contribution is -2.39. The Bertz CT molecular complexity index is 851. The number of hydrogen-bond acceptors (Lipinski definition) is 2. The summed E-state index contributed by atoms with van der Waals surface area (Å²) in [6.45, 7) is 4.28.